The van der Waals surface area contributed by atoms with Gasteiger partial charge in [0.05, 0.1) is 25.4 Å². The van der Waals surface area contributed by atoms with Gasteiger partial charge in [-0.15, -0.1) is 0 Å². The topological polar surface area (TPSA) is 162 Å². The van der Waals surface area contributed by atoms with E-state index < -0.39 is 47.9 Å². The van der Waals surface area contributed by atoms with Crippen LogP contribution in [0.3, 0.4) is 0 Å². The van der Waals surface area contributed by atoms with Crippen molar-refractivity contribution in [2.45, 2.75) is 137 Å². The summed E-state index contributed by atoms with van der Waals surface area (Å²) >= 11 is 0. The number of benzene rings is 5. The van der Waals surface area contributed by atoms with Crippen LogP contribution < -0.4 is 10.4 Å². The molecule has 2 bridgehead atoms. The smallest absolute Gasteiger partial charge is 0.340 e. The summed E-state index contributed by atoms with van der Waals surface area (Å²) in [6, 6.07) is 36.6. The summed E-state index contributed by atoms with van der Waals surface area (Å²) in [7, 11) is 1.52. The number of carbonyl (C=O) groups is 2. The van der Waals surface area contributed by atoms with E-state index in [0.717, 1.165) is 43.2 Å². The molecule has 16 rings (SSSR count). The largest absolute Gasteiger partial charge is 0.482 e. The molecule has 452 valence electrons. The van der Waals surface area contributed by atoms with E-state index in [2.05, 4.69) is 140 Å². The number of rotatable bonds is 8. The maximum atomic E-state index is 16.0. The van der Waals surface area contributed by atoms with Crippen molar-refractivity contribution in [3.63, 3.8) is 0 Å². The summed E-state index contributed by atoms with van der Waals surface area (Å²) in [5, 5.41) is 32.8. The SMILES string of the molecule is COCC(CCO)c1c(CO)c2ccc3c(c2oc1=O)C1OC(=O)CC2CC(c4cccc5c4C=CC4CCCC6C=Cc7ccccc7C564)C=CC2c2ccc(cc2)CCC(=C(C)CO)C(=O)OC1C1(CCCC2C4C=Cc5ccccc5C4CC21)O3. The second kappa shape index (κ2) is 22.9. The van der Waals surface area contributed by atoms with Crippen molar-refractivity contribution in [2.75, 3.05) is 26.9 Å². The summed E-state index contributed by atoms with van der Waals surface area (Å²) in [6.45, 7) is 0.693. The molecule has 10 aliphatic rings. The van der Waals surface area contributed by atoms with Crippen LogP contribution in [0.4, 0.5) is 0 Å². The van der Waals surface area contributed by atoms with Crippen molar-refractivity contribution in [3.8, 4) is 5.75 Å². The maximum absolute atomic E-state index is 16.0. The highest BCUT2D eigenvalue weighted by molar-refractivity contribution is 5.91. The minimum absolute atomic E-state index is 0.0118. The number of hydrogen-bond acceptors (Lipinski definition) is 11. The van der Waals surface area contributed by atoms with E-state index in [-0.39, 0.29) is 103 Å². The van der Waals surface area contributed by atoms with Crippen molar-refractivity contribution >= 4 is 41.1 Å². The van der Waals surface area contributed by atoms with Gasteiger partial charge >= 0.3 is 17.6 Å². The predicted octanol–water partition coefficient (Wildman–Crippen LogP) is 13.8. The monoisotopic (exact) mass is 1180 g/mol. The van der Waals surface area contributed by atoms with Gasteiger partial charge in [0.1, 0.15) is 11.3 Å². The lowest BCUT2D eigenvalue weighted by atomic mass is 9.49. The molecule has 0 saturated heterocycles. The fourth-order valence-corrected chi connectivity index (χ4v) is 18.9. The number of fused-ring (bicyclic) bond motifs is 19. The molecule has 14 unspecified atom stereocenters. The fraction of sp³-hybridized carbons (Fsp3) is 0.416. The van der Waals surface area contributed by atoms with Crippen LogP contribution in [0.2, 0.25) is 0 Å². The highest BCUT2D eigenvalue weighted by Gasteiger charge is 2.65. The minimum atomic E-state index is -1.36. The van der Waals surface area contributed by atoms with Gasteiger partial charge in [-0.2, -0.15) is 0 Å². The van der Waals surface area contributed by atoms with E-state index in [0.29, 0.717) is 58.9 Å². The lowest BCUT2D eigenvalue weighted by Crippen LogP contribution is -2.62. The Morgan fingerprint density at radius 2 is 1.52 bits per heavy atom. The van der Waals surface area contributed by atoms with Gasteiger partial charge in [0.15, 0.2) is 17.8 Å². The number of methoxy groups -OCH3 is 1. The van der Waals surface area contributed by atoms with Crippen molar-refractivity contribution < 1.29 is 48.3 Å². The Balaban J connectivity index is 0.886. The standard InChI is InChI=1S/C77H78O11/c1-44(41-79)54-29-21-45-19-22-47(23-20-45)55-30-26-49(57-15-8-18-65-60(57)32-28-53-13-7-12-52-27-24-48-11-4-6-17-64(48)77(52,53)65)38-51(55)39-68(81)85-72-70-67(34-33-61-63(42-80)69(75(83)86-71(61)70)50(35-37-78)43-84-2)88-76(73(72)87-74(54)82)36-9-16-59-58-31-25-46-10-3-5-14-56(46)62(58)40-66(59)76/h3-6,8,10-11,14-15,17-20,22-28,30-34,49-53,55,58-59,62,66,72-73,78-80H,7,9,12-13,16,21,29,35-43H2,1-2H3. The quantitative estimate of drug-likeness (QED) is 0.0576. The van der Waals surface area contributed by atoms with Crippen LogP contribution in [-0.4, -0.2) is 65.9 Å². The normalized spacial score (nSPS) is 31.5. The lowest BCUT2D eigenvalue weighted by Gasteiger charge is -2.54. The van der Waals surface area contributed by atoms with E-state index in [9.17, 15) is 20.1 Å². The molecule has 3 saturated carbocycles. The van der Waals surface area contributed by atoms with Crippen molar-refractivity contribution in [3.05, 3.63) is 222 Å². The molecule has 5 aromatic carbocycles. The first-order chi connectivity index (χ1) is 43.1. The molecule has 11 nitrogen and oxygen atoms in total. The molecule has 4 heterocycles. The van der Waals surface area contributed by atoms with Crippen molar-refractivity contribution in [1.82, 2.24) is 0 Å². The van der Waals surface area contributed by atoms with Gasteiger partial charge in [-0.3, -0.25) is 4.79 Å². The number of esters is 2. The second-order valence-corrected chi connectivity index (χ2v) is 26.8. The van der Waals surface area contributed by atoms with Crippen LogP contribution in [0.25, 0.3) is 29.2 Å². The zero-order valence-electron chi connectivity index (χ0n) is 50.3. The zero-order chi connectivity index (χ0) is 60.0. The lowest BCUT2D eigenvalue weighted by molar-refractivity contribution is -0.212. The van der Waals surface area contributed by atoms with Crippen molar-refractivity contribution in [1.29, 1.82) is 0 Å². The first-order valence-corrected chi connectivity index (χ1v) is 32.4. The Bertz CT molecular complexity index is 3970. The summed E-state index contributed by atoms with van der Waals surface area (Å²) in [4.78, 5) is 46.5. The van der Waals surface area contributed by atoms with Gasteiger partial charge in [-0.25, -0.2) is 9.59 Å². The fourth-order valence-electron chi connectivity index (χ4n) is 18.9. The number of carbonyl (C=O) groups excluding carboxylic acids is 2. The number of ether oxygens (including phenoxy) is 4. The molecule has 0 amide bonds. The van der Waals surface area contributed by atoms with E-state index in [1.165, 1.54) is 52.5 Å². The van der Waals surface area contributed by atoms with Gasteiger partial charge in [0.25, 0.3) is 0 Å². The average Bonchev–Trinajstić information content (AvgIpc) is 0.986. The number of aliphatic hydroxyl groups excluding tert-OH is 3. The summed E-state index contributed by atoms with van der Waals surface area (Å²) < 4.78 is 34.2. The Kier molecular flexibility index (Phi) is 14.8. The van der Waals surface area contributed by atoms with E-state index in [1.54, 1.807) is 13.0 Å². The van der Waals surface area contributed by atoms with Crippen LogP contribution in [0.1, 0.15) is 174 Å². The van der Waals surface area contributed by atoms with Crippen LogP contribution >= 0.6 is 0 Å². The van der Waals surface area contributed by atoms with E-state index in [1.807, 2.05) is 6.07 Å². The molecule has 3 aliphatic heterocycles. The van der Waals surface area contributed by atoms with Crippen LogP contribution in [-0.2, 0) is 42.2 Å². The molecule has 6 aromatic rings. The van der Waals surface area contributed by atoms with E-state index >= 15 is 9.59 Å². The predicted molar refractivity (Wildman–Crippen MR) is 338 cm³/mol. The van der Waals surface area contributed by atoms with Gasteiger partial charge < -0.3 is 38.7 Å². The summed E-state index contributed by atoms with van der Waals surface area (Å²) in [5.41, 5.74) is 10.6. The Hall–Kier alpha value is -7.41. The Morgan fingerprint density at radius 1 is 0.750 bits per heavy atom. The molecule has 0 radical (unpaired) electrons. The van der Waals surface area contributed by atoms with Gasteiger partial charge in [0.2, 0.25) is 0 Å². The third-order valence-electron chi connectivity index (χ3n) is 22.7. The number of aryl methyl sites for hydroxylation is 1. The zero-order valence-corrected chi connectivity index (χ0v) is 50.3. The molecule has 7 aliphatic carbocycles. The summed E-state index contributed by atoms with van der Waals surface area (Å²) in [6.07, 6.45) is 24.3. The Labute approximate surface area is 514 Å². The molecule has 14 atom stereocenters. The van der Waals surface area contributed by atoms with Gasteiger partial charge in [-0.05, 0) is 180 Å². The van der Waals surface area contributed by atoms with Gasteiger partial charge in [0, 0.05) is 65.7 Å². The second-order valence-electron chi connectivity index (χ2n) is 26.8. The molecule has 3 fully saturated rings. The first kappa shape index (κ1) is 57.1. The third kappa shape index (κ3) is 9.05. The highest BCUT2D eigenvalue weighted by atomic mass is 16.6. The van der Waals surface area contributed by atoms with E-state index in [4.69, 9.17) is 23.4 Å². The summed E-state index contributed by atoms with van der Waals surface area (Å²) in [5.74, 6) is -0.829. The Morgan fingerprint density at radius 3 is 2.33 bits per heavy atom. The van der Waals surface area contributed by atoms with Crippen molar-refractivity contribution in [2.24, 2.45) is 35.5 Å². The molecule has 1 aromatic heterocycles. The average molecular weight is 1180 g/mol. The first-order valence-electron chi connectivity index (χ1n) is 32.4. The molecule has 3 N–H and O–H groups in total. The third-order valence-corrected chi connectivity index (χ3v) is 22.7. The van der Waals surface area contributed by atoms with Gasteiger partial charge in [-0.1, -0.05) is 146 Å². The molecule has 11 heteroatoms. The number of aliphatic hydroxyl groups is 3. The minimum Gasteiger partial charge on any atom is -0.482 e. The molecule has 88 heavy (non-hydrogen) atoms. The molecular formula is C77H78O11. The van der Waals surface area contributed by atoms with Crippen LogP contribution in [0.5, 0.6) is 5.75 Å². The highest BCUT2D eigenvalue weighted by Crippen LogP contribution is 2.65. The maximum Gasteiger partial charge on any atom is 0.340 e. The molecule has 2 spiro atoms. The number of hydrogen-bond donors (Lipinski definition) is 3. The van der Waals surface area contributed by atoms with Crippen LogP contribution in [0.15, 0.2) is 154 Å². The van der Waals surface area contributed by atoms with Crippen LogP contribution in [0, 0.1) is 35.5 Å². The number of allylic oxidation sites excluding steroid dienone is 5. The molecular weight excluding hydrogens is 1100 g/mol.